The summed E-state index contributed by atoms with van der Waals surface area (Å²) in [5, 5.41) is 65.9. The highest BCUT2D eigenvalue weighted by Crippen LogP contribution is 2.49. The summed E-state index contributed by atoms with van der Waals surface area (Å²) in [6.07, 6.45) is 0. The summed E-state index contributed by atoms with van der Waals surface area (Å²) in [5.41, 5.74) is -1.94. The maximum Gasteiger partial charge on any atom is 0.256 e. The quantitative estimate of drug-likeness (QED) is 0.155. The topological polar surface area (TPSA) is 181 Å². The largest absolute Gasteiger partial charge is 0.504 e. The number of benzene rings is 2. The van der Waals surface area contributed by atoms with Crippen LogP contribution < -0.4 is 10.3 Å². The van der Waals surface area contributed by atoms with E-state index < -0.39 is 62.4 Å². The number of phenolic OH excluding ortho intramolecular Hbond substituents is 6. The van der Waals surface area contributed by atoms with E-state index in [0.29, 0.717) is 0 Å². The average molecular weight is 350 g/mol. The lowest BCUT2D eigenvalue weighted by Crippen LogP contribution is -2.08. The standard InChI is InChI=1S/C15H10O10/c16-5-2-1-4(3-6(5)17)13-15(25-23)9(19)7-8(18)10(20)11(21)12(22)14(7)24-13/h1-3,16-18,20-23H. The fraction of sp³-hybridized carbons (Fsp3) is 0. The molecule has 0 saturated heterocycles. The molecule has 1 heterocycles. The van der Waals surface area contributed by atoms with Crippen molar-refractivity contribution in [1.29, 1.82) is 0 Å². The monoisotopic (exact) mass is 350 g/mol. The van der Waals surface area contributed by atoms with Gasteiger partial charge in [-0.1, -0.05) is 0 Å². The van der Waals surface area contributed by atoms with Crippen molar-refractivity contribution in [2.24, 2.45) is 0 Å². The molecule has 0 fully saturated rings. The van der Waals surface area contributed by atoms with E-state index in [9.17, 15) is 35.4 Å². The third-order valence-corrected chi connectivity index (χ3v) is 3.52. The molecule has 25 heavy (non-hydrogen) atoms. The second-order valence-corrected chi connectivity index (χ2v) is 4.98. The molecule has 0 saturated carbocycles. The summed E-state index contributed by atoms with van der Waals surface area (Å²) >= 11 is 0. The van der Waals surface area contributed by atoms with Gasteiger partial charge in [0.2, 0.25) is 22.7 Å². The Balaban J connectivity index is 2.49. The Bertz CT molecular complexity index is 1070. The lowest BCUT2D eigenvalue weighted by molar-refractivity contribution is -0.138. The third-order valence-electron chi connectivity index (χ3n) is 3.52. The van der Waals surface area contributed by atoms with E-state index in [-0.39, 0.29) is 5.56 Å². The number of fused-ring (bicyclic) bond motifs is 1. The van der Waals surface area contributed by atoms with Crippen LogP contribution in [0.4, 0.5) is 0 Å². The number of hydrogen-bond acceptors (Lipinski definition) is 10. The zero-order valence-corrected chi connectivity index (χ0v) is 12.1. The predicted molar refractivity (Wildman–Crippen MR) is 81.2 cm³/mol. The number of phenols is 6. The highest BCUT2D eigenvalue weighted by atomic mass is 17.1. The fourth-order valence-electron chi connectivity index (χ4n) is 2.29. The average Bonchev–Trinajstić information content (AvgIpc) is 2.59. The summed E-state index contributed by atoms with van der Waals surface area (Å²) in [4.78, 5) is 16.4. The molecule has 0 atom stereocenters. The summed E-state index contributed by atoms with van der Waals surface area (Å²) in [5.74, 6) is -6.83. The van der Waals surface area contributed by atoms with Crippen LogP contribution in [0.3, 0.4) is 0 Å². The van der Waals surface area contributed by atoms with Crippen molar-refractivity contribution in [3.05, 3.63) is 28.4 Å². The summed E-state index contributed by atoms with van der Waals surface area (Å²) in [6.45, 7) is 0. The molecule has 7 N–H and O–H groups in total. The first-order valence-electron chi connectivity index (χ1n) is 6.58. The minimum Gasteiger partial charge on any atom is -0.504 e. The zero-order chi connectivity index (χ0) is 18.5. The molecule has 10 nitrogen and oxygen atoms in total. The highest BCUT2D eigenvalue weighted by molar-refractivity contribution is 5.95. The molecular weight excluding hydrogens is 340 g/mol. The predicted octanol–water partition coefficient (Wildman–Crippen LogP) is 1.55. The van der Waals surface area contributed by atoms with Crippen molar-refractivity contribution in [2.75, 3.05) is 0 Å². The van der Waals surface area contributed by atoms with Gasteiger partial charge in [-0.15, -0.1) is 0 Å². The molecule has 0 radical (unpaired) electrons. The Morgan fingerprint density at radius 1 is 0.840 bits per heavy atom. The van der Waals surface area contributed by atoms with Gasteiger partial charge in [0.1, 0.15) is 5.39 Å². The Labute approximate surface area is 137 Å². The second kappa shape index (κ2) is 5.39. The first kappa shape index (κ1) is 16.1. The summed E-state index contributed by atoms with van der Waals surface area (Å²) in [6, 6.07) is 3.22. The first-order chi connectivity index (χ1) is 11.8. The minimum absolute atomic E-state index is 0.0511. The lowest BCUT2D eigenvalue weighted by atomic mass is 10.1. The molecule has 3 aromatic rings. The van der Waals surface area contributed by atoms with Crippen molar-refractivity contribution in [1.82, 2.24) is 0 Å². The van der Waals surface area contributed by atoms with Crippen molar-refractivity contribution in [3.8, 4) is 51.6 Å². The lowest BCUT2D eigenvalue weighted by Gasteiger charge is -2.11. The molecule has 130 valence electrons. The Hall–Kier alpha value is -3.79. The molecule has 0 aliphatic rings. The molecule has 0 amide bonds. The van der Waals surface area contributed by atoms with Gasteiger partial charge in [0.05, 0.1) is 0 Å². The molecule has 2 aromatic carbocycles. The van der Waals surface area contributed by atoms with Crippen LogP contribution in [0.2, 0.25) is 0 Å². The number of aromatic hydroxyl groups is 6. The van der Waals surface area contributed by atoms with Crippen LogP contribution >= 0.6 is 0 Å². The van der Waals surface area contributed by atoms with E-state index in [1.54, 1.807) is 0 Å². The van der Waals surface area contributed by atoms with Crippen molar-refractivity contribution in [2.45, 2.75) is 0 Å². The molecule has 0 aliphatic heterocycles. The second-order valence-electron chi connectivity index (χ2n) is 4.98. The van der Waals surface area contributed by atoms with Crippen LogP contribution in [0.5, 0.6) is 40.2 Å². The van der Waals surface area contributed by atoms with Gasteiger partial charge in [-0.25, -0.2) is 5.26 Å². The van der Waals surface area contributed by atoms with E-state index >= 15 is 0 Å². The van der Waals surface area contributed by atoms with Crippen molar-refractivity contribution in [3.63, 3.8) is 0 Å². The highest BCUT2D eigenvalue weighted by Gasteiger charge is 2.27. The van der Waals surface area contributed by atoms with E-state index in [1.807, 2.05) is 0 Å². The molecule has 0 unspecified atom stereocenters. The molecule has 3 rings (SSSR count). The van der Waals surface area contributed by atoms with E-state index in [2.05, 4.69) is 4.89 Å². The van der Waals surface area contributed by atoms with Gasteiger partial charge >= 0.3 is 0 Å². The van der Waals surface area contributed by atoms with Gasteiger partial charge in [0.25, 0.3) is 5.75 Å². The maximum atomic E-state index is 12.4. The molecule has 0 spiro atoms. The smallest absolute Gasteiger partial charge is 0.256 e. The van der Waals surface area contributed by atoms with Crippen LogP contribution in [0.25, 0.3) is 22.3 Å². The van der Waals surface area contributed by atoms with Crippen molar-refractivity contribution < 1.29 is 45.2 Å². The van der Waals surface area contributed by atoms with Crippen LogP contribution in [0.1, 0.15) is 0 Å². The maximum absolute atomic E-state index is 12.4. The summed E-state index contributed by atoms with van der Waals surface area (Å²) in [7, 11) is 0. The van der Waals surface area contributed by atoms with Crippen LogP contribution in [0.15, 0.2) is 27.4 Å². The number of hydrogen-bond donors (Lipinski definition) is 7. The Morgan fingerprint density at radius 3 is 2.08 bits per heavy atom. The van der Waals surface area contributed by atoms with Crippen molar-refractivity contribution >= 4 is 11.0 Å². The Kier molecular flexibility index (Phi) is 3.46. The van der Waals surface area contributed by atoms with E-state index in [4.69, 9.17) is 9.67 Å². The first-order valence-corrected chi connectivity index (χ1v) is 6.58. The van der Waals surface area contributed by atoms with Gasteiger partial charge in [0.15, 0.2) is 28.6 Å². The molecule has 1 aromatic heterocycles. The molecular formula is C15H10O10. The third kappa shape index (κ3) is 2.20. The summed E-state index contributed by atoms with van der Waals surface area (Å²) < 4.78 is 5.23. The van der Waals surface area contributed by atoms with Gasteiger partial charge < -0.3 is 39.9 Å². The van der Waals surface area contributed by atoms with Gasteiger partial charge in [-0.2, -0.15) is 0 Å². The number of rotatable bonds is 2. The van der Waals surface area contributed by atoms with E-state index in [1.165, 1.54) is 6.07 Å². The molecule has 10 heteroatoms. The zero-order valence-electron chi connectivity index (χ0n) is 12.1. The SMILES string of the molecule is O=c1c(OO)c(-c2ccc(O)c(O)c2)oc2c(O)c(O)c(O)c(O)c12. The van der Waals surface area contributed by atoms with Crippen LogP contribution in [-0.4, -0.2) is 35.9 Å². The van der Waals surface area contributed by atoms with Crippen LogP contribution in [-0.2, 0) is 0 Å². The fourth-order valence-corrected chi connectivity index (χ4v) is 2.29. The molecule has 0 bridgehead atoms. The normalized spacial score (nSPS) is 10.9. The van der Waals surface area contributed by atoms with Gasteiger partial charge in [-0.3, -0.25) is 4.79 Å². The Morgan fingerprint density at radius 2 is 1.48 bits per heavy atom. The van der Waals surface area contributed by atoms with Gasteiger partial charge in [0, 0.05) is 5.56 Å². The molecule has 0 aliphatic carbocycles. The van der Waals surface area contributed by atoms with Crippen LogP contribution in [0, 0.1) is 0 Å². The van der Waals surface area contributed by atoms with E-state index in [0.717, 1.165) is 12.1 Å². The van der Waals surface area contributed by atoms with Gasteiger partial charge in [-0.05, 0) is 18.2 Å². The minimum atomic E-state index is -1.19.